The van der Waals surface area contributed by atoms with Crippen LogP contribution in [0.3, 0.4) is 0 Å². The van der Waals surface area contributed by atoms with E-state index in [0.717, 1.165) is 32.2 Å². The fourth-order valence-electron chi connectivity index (χ4n) is 2.88. The average molecular weight is 418 g/mol. The first-order valence-electron chi connectivity index (χ1n) is 8.55. The number of carbonyl (C=O) groups is 1. The maximum atomic E-state index is 12.9. The van der Waals surface area contributed by atoms with E-state index in [1.165, 1.54) is 0 Å². The molecule has 0 aliphatic heterocycles. The van der Waals surface area contributed by atoms with Crippen molar-refractivity contribution in [2.75, 3.05) is 0 Å². The van der Waals surface area contributed by atoms with E-state index in [9.17, 15) is 4.79 Å². The lowest BCUT2D eigenvalue weighted by Gasteiger charge is -2.10. The second kappa shape index (κ2) is 7.33. The van der Waals surface area contributed by atoms with Crippen LogP contribution in [-0.4, -0.2) is 11.0 Å². The predicted octanol–water partition coefficient (Wildman–Crippen LogP) is 6.19. The number of para-hydroxylation sites is 1. The van der Waals surface area contributed by atoms with Crippen LogP contribution in [0.4, 0.5) is 0 Å². The van der Waals surface area contributed by atoms with Gasteiger partial charge in [0.15, 0.2) is 0 Å². The molecule has 4 aromatic rings. The van der Waals surface area contributed by atoms with E-state index < -0.39 is 5.97 Å². The fourth-order valence-corrected chi connectivity index (χ4v) is 3.15. The Balaban J connectivity index is 1.79. The van der Waals surface area contributed by atoms with Crippen molar-refractivity contribution < 1.29 is 9.53 Å². The number of aromatic nitrogens is 1. The van der Waals surface area contributed by atoms with Gasteiger partial charge in [0.05, 0.1) is 16.8 Å². The van der Waals surface area contributed by atoms with Crippen LogP contribution in [0.1, 0.15) is 15.9 Å². The molecule has 0 saturated heterocycles. The quantitative estimate of drug-likeness (QED) is 0.294. The molecule has 0 aliphatic rings. The standard InChI is InChI=1S/C23H16BrNO2/c1-15-6-12-18(13-7-15)27-23(26)20-14-22(16-8-10-17(24)11-9-16)25-21-5-3-2-4-19(20)21/h2-14H,1H3. The van der Waals surface area contributed by atoms with E-state index in [0.29, 0.717) is 11.3 Å². The first-order valence-corrected chi connectivity index (χ1v) is 9.34. The molecule has 0 N–H and O–H groups in total. The first-order chi connectivity index (χ1) is 13.1. The van der Waals surface area contributed by atoms with E-state index in [1.807, 2.05) is 67.6 Å². The predicted molar refractivity (Wildman–Crippen MR) is 111 cm³/mol. The monoisotopic (exact) mass is 417 g/mol. The Hall–Kier alpha value is -2.98. The summed E-state index contributed by atoms with van der Waals surface area (Å²) in [5.74, 6) is 0.132. The summed E-state index contributed by atoms with van der Waals surface area (Å²) in [5.41, 5.74) is 4.04. The van der Waals surface area contributed by atoms with Gasteiger partial charge in [-0.15, -0.1) is 0 Å². The number of pyridine rings is 1. The molecule has 0 spiro atoms. The number of nitrogens with zero attached hydrogens (tertiary/aromatic N) is 1. The van der Waals surface area contributed by atoms with Crippen LogP contribution in [0.5, 0.6) is 5.75 Å². The molecule has 1 aromatic heterocycles. The molecule has 3 aromatic carbocycles. The number of ether oxygens (including phenoxy) is 1. The Bertz CT molecular complexity index is 1120. The summed E-state index contributed by atoms with van der Waals surface area (Å²) < 4.78 is 6.59. The Morgan fingerprint density at radius 1 is 0.926 bits per heavy atom. The van der Waals surface area contributed by atoms with Gasteiger partial charge in [-0.1, -0.05) is 64.0 Å². The van der Waals surface area contributed by atoms with E-state index in [1.54, 1.807) is 18.2 Å². The number of carbonyl (C=O) groups excluding carboxylic acids is 1. The number of esters is 1. The van der Waals surface area contributed by atoms with Crippen molar-refractivity contribution in [1.29, 1.82) is 0 Å². The normalized spacial score (nSPS) is 10.7. The van der Waals surface area contributed by atoms with E-state index in [2.05, 4.69) is 15.9 Å². The highest BCUT2D eigenvalue weighted by molar-refractivity contribution is 9.10. The molecule has 0 bridgehead atoms. The zero-order chi connectivity index (χ0) is 18.8. The lowest BCUT2D eigenvalue weighted by Crippen LogP contribution is -2.10. The SMILES string of the molecule is Cc1ccc(OC(=O)c2cc(-c3ccc(Br)cc3)nc3ccccc23)cc1. The van der Waals surface area contributed by atoms with E-state index in [4.69, 9.17) is 9.72 Å². The maximum Gasteiger partial charge on any atom is 0.344 e. The van der Waals surface area contributed by atoms with Crippen LogP contribution in [0.15, 0.2) is 83.3 Å². The van der Waals surface area contributed by atoms with Crippen molar-refractivity contribution >= 4 is 32.8 Å². The van der Waals surface area contributed by atoms with E-state index in [-0.39, 0.29) is 0 Å². The second-order valence-electron chi connectivity index (χ2n) is 6.28. The van der Waals surface area contributed by atoms with Gasteiger partial charge in [-0.3, -0.25) is 0 Å². The number of hydrogen-bond acceptors (Lipinski definition) is 3. The van der Waals surface area contributed by atoms with Crippen molar-refractivity contribution in [2.24, 2.45) is 0 Å². The molecular formula is C23H16BrNO2. The van der Waals surface area contributed by atoms with Crippen molar-refractivity contribution in [3.8, 4) is 17.0 Å². The van der Waals surface area contributed by atoms with Gasteiger partial charge in [-0.25, -0.2) is 9.78 Å². The molecule has 0 saturated carbocycles. The van der Waals surface area contributed by atoms with Crippen LogP contribution in [-0.2, 0) is 0 Å². The maximum absolute atomic E-state index is 12.9. The molecule has 132 valence electrons. The smallest absolute Gasteiger partial charge is 0.344 e. The number of aryl methyl sites for hydroxylation is 1. The molecule has 0 radical (unpaired) electrons. The minimum Gasteiger partial charge on any atom is -0.423 e. The van der Waals surface area contributed by atoms with Gasteiger partial charge < -0.3 is 4.74 Å². The van der Waals surface area contributed by atoms with Gasteiger partial charge in [0.25, 0.3) is 0 Å². The van der Waals surface area contributed by atoms with Crippen LogP contribution in [0.2, 0.25) is 0 Å². The summed E-state index contributed by atoms with van der Waals surface area (Å²) in [6.07, 6.45) is 0. The third-order valence-corrected chi connectivity index (χ3v) is 4.84. The van der Waals surface area contributed by atoms with Gasteiger partial charge in [-0.2, -0.15) is 0 Å². The number of halogens is 1. The Morgan fingerprint density at radius 2 is 1.63 bits per heavy atom. The Labute approximate surface area is 165 Å². The van der Waals surface area contributed by atoms with Crippen LogP contribution >= 0.6 is 15.9 Å². The number of benzene rings is 3. The highest BCUT2D eigenvalue weighted by Gasteiger charge is 2.16. The molecule has 0 aliphatic carbocycles. The first kappa shape index (κ1) is 17.4. The largest absolute Gasteiger partial charge is 0.423 e. The van der Waals surface area contributed by atoms with Gasteiger partial charge >= 0.3 is 5.97 Å². The summed E-state index contributed by atoms with van der Waals surface area (Å²) in [4.78, 5) is 17.6. The molecule has 0 unspecified atom stereocenters. The molecule has 0 amide bonds. The molecule has 4 rings (SSSR count). The summed E-state index contributed by atoms with van der Waals surface area (Å²) >= 11 is 3.44. The van der Waals surface area contributed by atoms with Gasteiger partial charge in [0.2, 0.25) is 0 Å². The minimum atomic E-state index is -0.393. The Morgan fingerprint density at radius 3 is 2.37 bits per heavy atom. The fraction of sp³-hybridized carbons (Fsp3) is 0.0435. The summed E-state index contributed by atoms with van der Waals surface area (Å²) in [5, 5.41) is 0.774. The van der Waals surface area contributed by atoms with Crippen molar-refractivity contribution in [2.45, 2.75) is 6.92 Å². The molecular weight excluding hydrogens is 402 g/mol. The van der Waals surface area contributed by atoms with Crippen LogP contribution in [0, 0.1) is 6.92 Å². The topological polar surface area (TPSA) is 39.2 Å². The molecule has 0 fully saturated rings. The zero-order valence-electron chi connectivity index (χ0n) is 14.6. The Kier molecular flexibility index (Phi) is 4.73. The zero-order valence-corrected chi connectivity index (χ0v) is 16.2. The number of hydrogen-bond donors (Lipinski definition) is 0. The number of rotatable bonds is 3. The molecule has 4 heteroatoms. The molecule has 1 heterocycles. The highest BCUT2D eigenvalue weighted by atomic mass is 79.9. The van der Waals surface area contributed by atoms with Crippen molar-refractivity contribution in [1.82, 2.24) is 4.98 Å². The minimum absolute atomic E-state index is 0.393. The molecule has 27 heavy (non-hydrogen) atoms. The average Bonchev–Trinajstić information content (AvgIpc) is 2.69. The summed E-state index contributed by atoms with van der Waals surface area (Å²) in [6, 6.07) is 24.7. The lowest BCUT2D eigenvalue weighted by atomic mass is 10.0. The second-order valence-corrected chi connectivity index (χ2v) is 7.20. The summed E-state index contributed by atoms with van der Waals surface area (Å²) in [7, 11) is 0. The van der Waals surface area contributed by atoms with Crippen LogP contribution in [0.25, 0.3) is 22.2 Å². The van der Waals surface area contributed by atoms with Gasteiger partial charge in [0.1, 0.15) is 5.75 Å². The lowest BCUT2D eigenvalue weighted by molar-refractivity contribution is 0.0737. The highest BCUT2D eigenvalue weighted by Crippen LogP contribution is 2.27. The third kappa shape index (κ3) is 3.76. The van der Waals surface area contributed by atoms with Crippen LogP contribution < -0.4 is 4.74 Å². The van der Waals surface area contributed by atoms with Crippen molar-refractivity contribution in [3.05, 3.63) is 94.5 Å². The molecule has 0 atom stereocenters. The number of fused-ring (bicyclic) bond motifs is 1. The van der Waals surface area contributed by atoms with E-state index >= 15 is 0 Å². The molecule has 3 nitrogen and oxygen atoms in total. The van der Waals surface area contributed by atoms with Gasteiger partial charge in [-0.05, 0) is 43.3 Å². The van der Waals surface area contributed by atoms with Gasteiger partial charge in [0, 0.05) is 15.4 Å². The summed E-state index contributed by atoms with van der Waals surface area (Å²) in [6.45, 7) is 1.99. The van der Waals surface area contributed by atoms with Crippen molar-refractivity contribution in [3.63, 3.8) is 0 Å². The third-order valence-electron chi connectivity index (χ3n) is 4.31.